The topological polar surface area (TPSA) is 12.0 Å². The molecule has 1 atom stereocenters. The lowest BCUT2D eigenvalue weighted by molar-refractivity contribution is 0.495. The predicted octanol–water partition coefficient (Wildman–Crippen LogP) is 3.58. The first kappa shape index (κ1) is 12.8. The van der Waals surface area contributed by atoms with Gasteiger partial charge < -0.3 is 5.32 Å². The molecule has 0 saturated heterocycles. The van der Waals surface area contributed by atoms with E-state index in [1.54, 1.807) is 12.1 Å². The Balaban J connectivity index is 2.82. The molecule has 0 aliphatic heterocycles. The highest BCUT2D eigenvalue weighted by molar-refractivity contribution is 5.21. The Labute approximate surface area is 95.2 Å². The van der Waals surface area contributed by atoms with Gasteiger partial charge in [-0.25, -0.2) is 8.78 Å². The van der Waals surface area contributed by atoms with Gasteiger partial charge in [0.2, 0.25) is 0 Å². The van der Waals surface area contributed by atoms with Gasteiger partial charge in [-0.1, -0.05) is 19.1 Å². The Bertz CT molecular complexity index is 350. The van der Waals surface area contributed by atoms with Crippen molar-refractivity contribution >= 4 is 0 Å². The van der Waals surface area contributed by atoms with Crippen LogP contribution in [-0.4, -0.2) is 6.54 Å². The third-order valence-electron chi connectivity index (χ3n) is 2.39. The second kappa shape index (κ2) is 6.38. The van der Waals surface area contributed by atoms with Gasteiger partial charge in [-0.2, -0.15) is 0 Å². The van der Waals surface area contributed by atoms with Gasteiger partial charge in [0.05, 0.1) is 0 Å². The Morgan fingerprint density at radius 2 is 2.12 bits per heavy atom. The lowest BCUT2D eigenvalue weighted by Gasteiger charge is -2.17. The van der Waals surface area contributed by atoms with E-state index in [2.05, 4.69) is 18.8 Å². The Hall–Kier alpha value is -1.22. The maximum atomic E-state index is 13.1. The van der Waals surface area contributed by atoms with Gasteiger partial charge in [0.25, 0.3) is 0 Å². The van der Waals surface area contributed by atoms with Crippen molar-refractivity contribution in [3.63, 3.8) is 0 Å². The molecule has 1 aromatic rings. The molecule has 0 aliphatic carbocycles. The van der Waals surface area contributed by atoms with Crippen molar-refractivity contribution in [2.75, 3.05) is 6.54 Å². The minimum absolute atomic E-state index is 0.00699. The third-order valence-corrected chi connectivity index (χ3v) is 2.39. The van der Waals surface area contributed by atoms with Crippen molar-refractivity contribution in [2.24, 2.45) is 0 Å². The molecule has 0 bridgehead atoms. The van der Waals surface area contributed by atoms with Crippen molar-refractivity contribution in [3.8, 4) is 0 Å². The summed E-state index contributed by atoms with van der Waals surface area (Å²) in [5.74, 6) is -1.61. The van der Waals surface area contributed by atoms with Gasteiger partial charge in [-0.05, 0) is 37.1 Å². The minimum atomic E-state index is -0.809. The van der Waals surface area contributed by atoms with E-state index in [9.17, 15) is 8.78 Å². The van der Waals surface area contributed by atoms with Crippen molar-refractivity contribution < 1.29 is 8.78 Å². The van der Waals surface area contributed by atoms with E-state index in [-0.39, 0.29) is 6.04 Å². The summed E-state index contributed by atoms with van der Waals surface area (Å²) in [5, 5.41) is 3.27. The van der Waals surface area contributed by atoms with Crippen LogP contribution in [0.3, 0.4) is 0 Å². The van der Waals surface area contributed by atoms with Crippen LogP contribution in [0, 0.1) is 11.6 Å². The fourth-order valence-electron chi connectivity index (χ4n) is 1.55. The molecule has 0 saturated carbocycles. The molecule has 16 heavy (non-hydrogen) atoms. The fraction of sp³-hybridized carbons (Fsp3) is 0.385. The quantitative estimate of drug-likeness (QED) is 0.730. The highest BCUT2D eigenvalue weighted by Crippen LogP contribution is 2.19. The first-order chi connectivity index (χ1) is 7.69. The smallest absolute Gasteiger partial charge is 0.159 e. The van der Waals surface area contributed by atoms with E-state index in [1.165, 1.54) is 6.07 Å². The first-order valence-electron chi connectivity index (χ1n) is 5.48. The van der Waals surface area contributed by atoms with Crippen LogP contribution in [0.15, 0.2) is 30.9 Å². The van der Waals surface area contributed by atoms with E-state index in [0.717, 1.165) is 24.6 Å². The van der Waals surface area contributed by atoms with Crippen LogP contribution in [0.4, 0.5) is 8.78 Å². The molecule has 1 aromatic carbocycles. The molecule has 1 rings (SSSR count). The monoisotopic (exact) mass is 225 g/mol. The lowest BCUT2D eigenvalue weighted by atomic mass is 10.0. The van der Waals surface area contributed by atoms with Gasteiger partial charge in [-0.3, -0.25) is 0 Å². The zero-order valence-electron chi connectivity index (χ0n) is 9.47. The summed E-state index contributed by atoms with van der Waals surface area (Å²) in [6.45, 7) is 6.57. The Morgan fingerprint density at radius 3 is 2.69 bits per heavy atom. The fourth-order valence-corrected chi connectivity index (χ4v) is 1.55. The molecule has 1 unspecified atom stereocenters. The van der Waals surface area contributed by atoms with Gasteiger partial charge >= 0.3 is 0 Å². The number of rotatable bonds is 6. The molecule has 0 radical (unpaired) electrons. The number of benzene rings is 1. The summed E-state index contributed by atoms with van der Waals surface area (Å²) in [6, 6.07) is 4.02. The summed E-state index contributed by atoms with van der Waals surface area (Å²) in [5.41, 5.74) is 0.757. The van der Waals surface area contributed by atoms with Crippen molar-refractivity contribution in [1.82, 2.24) is 5.32 Å². The van der Waals surface area contributed by atoms with Crippen LogP contribution in [0.5, 0.6) is 0 Å². The average molecular weight is 225 g/mol. The van der Waals surface area contributed by atoms with E-state index in [4.69, 9.17) is 0 Å². The van der Waals surface area contributed by atoms with Crippen LogP contribution in [0.2, 0.25) is 0 Å². The van der Waals surface area contributed by atoms with Crippen LogP contribution in [0.25, 0.3) is 0 Å². The molecular weight excluding hydrogens is 208 g/mol. The zero-order valence-corrected chi connectivity index (χ0v) is 9.47. The van der Waals surface area contributed by atoms with Gasteiger partial charge in [0.1, 0.15) is 0 Å². The minimum Gasteiger partial charge on any atom is -0.310 e. The molecule has 0 aliphatic rings. The van der Waals surface area contributed by atoms with E-state index < -0.39 is 11.6 Å². The summed E-state index contributed by atoms with van der Waals surface area (Å²) in [4.78, 5) is 0. The predicted molar refractivity (Wildman–Crippen MR) is 62.2 cm³/mol. The van der Waals surface area contributed by atoms with Gasteiger partial charge in [-0.15, -0.1) is 6.58 Å². The molecule has 0 heterocycles. The summed E-state index contributed by atoms with van der Waals surface area (Å²) in [6.07, 6.45) is 3.47. The second-order valence-electron chi connectivity index (χ2n) is 3.70. The van der Waals surface area contributed by atoms with Crippen molar-refractivity contribution in [3.05, 3.63) is 48.1 Å². The third kappa shape index (κ3) is 3.42. The largest absolute Gasteiger partial charge is 0.310 e. The molecule has 0 aromatic heterocycles. The van der Waals surface area contributed by atoms with Crippen LogP contribution in [-0.2, 0) is 0 Å². The number of hydrogen-bond acceptors (Lipinski definition) is 1. The second-order valence-corrected chi connectivity index (χ2v) is 3.70. The van der Waals surface area contributed by atoms with Crippen molar-refractivity contribution in [1.29, 1.82) is 0 Å². The van der Waals surface area contributed by atoms with Crippen LogP contribution >= 0.6 is 0 Å². The lowest BCUT2D eigenvalue weighted by Crippen LogP contribution is -2.21. The summed E-state index contributed by atoms with van der Waals surface area (Å²) < 4.78 is 25.9. The average Bonchev–Trinajstić information content (AvgIpc) is 2.28. The van der Waals surface area contributed by atoms with Crippen LogP contribution in [0.1, 0.15) is 31.4 Å². The number of halogens is 2. The van der Waals surface area contributed by atoms with E-state index >= 15 is 0 Å². The van der Waals surface area contributed by atoms with Crippen LogP contribution < -0.4 is 5.32 Å². The van der Waals surface area contributed by atoms with E-state index in [1.807, 2.05) is 0 Å². The van der Waals surface area contributed by atoms with Gasteiger partial charge in [0.15, 0.2) is 11.6 Å². The maximum absolute atomic E-state index is 13.1. The molecule has 1 nitrogen and oxygen atoms in total. The molecule has 3 heteroatoms. The van der Waals surface area contributed by atoms with Crippen molar-refractivity contribution in [2.45, 2.75) is 25.8 Å². The Morgan fingerprint density at radius 1 is 1.38 bits per heavy atom. The maximum Gasteiger partial charge on any atom is 0.159 e. The SMILES string of the molecule is C=CCC(NCCC)c1ccc(F)c(F)c1. The standard InChI is InChI=1S/C13H17F2N/c1-3-5-13(16-8-4-2)10-6-7-11(14)12(15)9-10/h3,6-7,9,13,16H,1,4-5,8H2,2H3. The Kier molecular flexibility index (Phi) is 5.12. The molecule has 88 valence electrons. The molecule has 0 amide bonds. The highest BCUT2D eigenvalue weighted by atomic mass is 19.2. The summed E-state index contributed by atoms with van der Waals surface area (Å²) in [7, 11) is 0. The van der Waals surface area contributed by atoms with E-state index in [0.29, 0.717) is 6.42 Å². The van der Waals surface area contributed by atoms with Gasteiger partial charge in [0, 0.05) is 6.04 Å². The number of nitrogens with one attached hydrogen (secondary N) is 1. The normalized spacial score (nSPS) is 12.4. The number of hydrogen-bond donors (Lipinski definition) is 1. The highest BCUT2D eigenvalue weighted by Gasteiger charge is 2.11. The molecule has 0 fully saturated rings. The molecule has 1 N–H and O–H groups in total. The first-order valence-corrected chi connectivity index (χ1v) is 5.48. The summed E-state index contributed by atoms with van der Waals surface area (Å²) >= 11 is 0. The molecular formula is C13H17F2N. The molecule has 0 spiro atoms. The zero-order chi connectivity index (χ0) is 12.0.